The Morgan fingerprint density at radius 3 is 2.89 bits per heavy atom. The summed E-state index contributed by atoms with van der Waals surface area (Å²) in [5.74, 6) is 0.236. The van der Waals surface area contributed by atoms with Crippen LogP contribution in [0.15, 0.2) is 6.20 Å². The zero-order chi connectivity index (χ0) is 13.5. The quantitative estimate of drug-likeness (QED) is 0.706. The molecular weight excluding hydrogens is 250 g/mol. The van der Waals surface area contributed by atoms with Gasteiger partial charge in [-0.05, 0) is 19.3 Å². The van der Waals surface area contributed by atoms with Crippen LogP contribution in [0, 0.1) is 5.92 Å². The lowest BCUT2D eigenvalue weighted by molar-refractivity contribution is 0.0904. The lowest BCUT2D eigenvalue weighted by atomic mass is 10.1. The Morgan fingerprint density at radius 2 is 2.28 bits per heavy atom. The molecule has 1 aromatic heterocycles. The van der Waals surface area contributed by atoms with Gasteiger partial charge in [-0.3, -0.25) is 4.79 Å². The van der Waals surface area contributed by atoms with E-state index in [-0.39, 0.29) is 12.5 Å². The van der Waals surface area contributed by atoms with Crippen LogP contribution in [0.2, 0.25) is 0 Å². The second-order valence-corrected chi connectivity index (χ2v) is 5.58. The molecule has 0 aliphatic rings. The Balaban J connectivity index is 2.40. The molecule has 0 saturated heterocycles. The lowest BCUT2D eigenvalue weighted by Crippen LogP contribution is -2.32. The predicted octanol–water partition coefficient (Wildman–Crippen LogP) is 1.71. The second-order valence-electron chi connectivity index (χ2n) is 4.55. The van der Waals surface area contributed by atoms with Gasteiger partial charge < -0.3 is 15.7 Å². The van der Waals surface area contributed by atoms with Gasteiger partial charge in [0.2, 0.25) is 0 Å². The van der Waals surface area contributed by atoms with Crippen LogP contribution in [0.5, 0.6) is 0 Å². The van der Waals surface area contributed by atoms with Gasteiger partial charge in [0.25, 0.3) is 5.91 Å². The molecule has 0 aliphatic carbocycles. The van der Waals surface area contributed by atoms with Crippen LogP contribution < -0.4 is 10.6 Å². The molecule has 5 nitrogen and oxygen atoms in total. The molecule has 1 amide bonds. The van der Waals surface area contributed by atoms with Crippen LogP contribution in [-0.2, 0) is 0 Å². The summed E-state index contributed by atoms with van der Waals surface area (Å²) in [4.78, 5) is 16.4. The summed E-state index contributed by atoms with van der Waals surface area (Å²) in [6, 6.07) is 0. The van der Waals surface area contributed by atoms with Crippen molar-refractivity contribution >= 4 is 22.4 Å². The van der Waals surface area contributed by atoms with E-state index in [1.54, 1.807) is 6.20 Å². The highest BCUT2D eigenvalue weighted by molar-refractivity contribution is 7.17. The Hall–Kier alpha value is -1.14. The maximum Gasteiger partial charge on any atom is 0.263 e. The van der Waals surface area contributed by atoms with Gasteiger partial charge in [-0.1, -0.05) is 25.2 Å². The molecule has 0 saturated carbocycles. The number of aliphatic hydroxyl groups is 1. The van der Waals surface area contributed by atoms with Gasteiger partial charge in [-0.15, -0.1) is 0 Å². The van der Waals surface area contributed by atoms with Crippen LogP contribution in [0.1, 0.15) is 36.9 Å². The van der Waals surface area contributed by atoms with E-state index in [1.165, 1.54) is 11.3 Å². The monoisotopic (exact) mass is 271 g/mol. The molecule has 0 aromatic carbocycles. The summed E-state index contributed by atoms with van der Waals surface area (Å²) in [7, 11) is 0. The van der Waals surface area contributed by atoms with Crippen molar-refractivity contribution in [1.82, 2.24) is 10.3 Å². The van der Waals surface area contributed by atoms with Crippen LogP contribution >= 0.6 is 11.3 Å². The molecule has 6 heteroatoms. The zero-order valence-corrected chi connectivity index (χ0v) is 11.9. The molecule has 1 rings (SSSR count). The zero-order valence-electron chi connectivity index (χ0n) is 11.1. The fourth-order valence-corrected chi connectivity index (χ4v) is 2.34. The Labute approximate surface area is 112 Å². The molecule has 1 aromatic rings. The van der Waals surface area contributed by atoms with E-state index >= 15 is 0 Å². The summed E-state index contributed by atoms with van der Waals surface area (Å²) >= 11 is 1.32. The number of anilines is 1. The van der Waals surface area contributed by atoms with E-state index in [0.717, 1.165) is 11.7 Å². The number of carbonyl (C=O) groups excluding carboxylic acids is 1. The standard InChI is InChI=1S/C12H21N3O2S/c1-4-13-12-15-7-10(18-12)11(17)14-6-9(16)5-8(2)3/h7-9,16H,4-6H2,1-3H3,(H,13,15)(H,14,17). The van der Waals surface area contributed by atoms with E-state index in [2.05, 4.69) is 15.6 Å². The third-order valence-electron chi connectivity index (χ3n) is 2.30. The van der Waals surface area contributed by atoms with Crippen molar-refractivity contribution in [3.63, 3.8) is 0 Å². The first-order valence-corrected chi connectivity index (χ1v) is 7.00. The van der Waals surface area contributed by atoms with E-state index < -0.39 is 6.10 Å². The summed E-state index contributed by atoms with van der Waals surface area (Å²) in [6.07, 6.45) is 1.74. The predicted molar refractivity (Wildman–Crippen MR) is 74.1 cm³/mol. The highest BCUT2D eigenvalue weighted by Crippen LogP contribution is 2.17. The van der Waals surface area contributed by atoms with Gasteiger partial charge in [0.15, 0.2) is 5.13 Å². The van der Waals surface area contributed by atoms with Gasteiger partial charge in [0.1, 0.15) is 4.88 Å². The number of hydrogen-bond donors (Lipinski definition) is 3. The third kappa shape index (κ3) is 5.01. The van der Waals surface area contributed by atoms with E-state index in [4.69, 9.17) is 0 Å². The first kappa shape index (κ1) is 14.9. The van der Waals surface area contributed by atoms with Crippen molar-refractivity contribution in [3.05, 3.63) is 11.1 Å². The number of nitrogens with zero attached hydrogens (tertiary/aromatic N) is 1. The largest absolute Gasteiger partial charge is 0.391 e. The van der Waals surface area contributed by atoms with Crippen molar-refractivity contribution in [2.24, 2.45) is 5.92 Å². The van der Waals surface area contributed by atoms with Gasteiger partial charge in [-0.2, -0.15) is 0 Å². The number of amides is 1. The average molecular weight is 271 g/mol. The summed E-state index contributed by atoms with van der Waals surface area (Å²) in [5.41, 5.74) is 0. The smallest absolute Gasteiger partial charge is 0.263 e. The number of aliphatic hydroxyl groups excluding tert-OH is 1. The summed E-state index contributed by atoms with van der Waals surface area (Å²) < 4.78 is 0. The fourth-order valence-electron chi connectivity index (χ4n) is 1.54. The molecule has 0 bridgehead atoms. The van der Waals surface area contributed by atoms with Crippen molar-refractivity contribution < 1.29 is 9.90 Å². The number of hydrogen-bond acceptors (Lipinski definition) is 5. The Morgan fingerprint density at radius 1 is 1.56 bits per heavy atom. The van der Waals surface area contributed by atoms with Crippen molar-refractivity contribution in [2.45, 2.75) is 33.3 Å². The first-order valence-electron chi connectivity index (χ1n) is 6.18. The van der Waals surface area contributed by atoms with Crippen molar-refractivity contribution in [2.75, 3.05) is 18.4 Å². The molecule has 1 atom stereocenters. The van der Waals surface area contributed by atoms with E-state index in [1.807, 2.05) is 20.8 Å². The van der Waals surface area contributed by atoms with Crippen LogP contribution in [0.25, 0.3) is 0 Å². The number of nitrogens with one attached hydrogen (secondary N) is 2. The molecule has 0 radical (unpaired) electrons. The van der Waals surface area contributed by atoms with Crippen LogP contribution in [0.3, 0.4) is 0 Å². The second kappa shape index (κ2) is 7.33. The number of aromatic nitrogens is 1. The molecule has 18 heavy (non-hydrogen) atoms. The minimum Gasteiger partial charge on any atom is -0.391 e. The first-order chi connectivity index (χ1) is 8.52. The summed E-state index contributed by atoms with van der Waals surface area (Å²) in [6.45, 7) is 7.12. The fraction of sp³-hybridized carbons (Fsp3) is 0.667. The number of carbonyl (C=O) groups is 1. The minimum atomic E-state index is -0.491. The normalized spacial score (nSPS) is 12.5. The molecule has 1 unspecified atom stereocenters. The van der Waals surface area contributed by atoms with Crippen LogP contribution in [0.4, 0.5) is 5.13 Å². The molecule has 102 valence electrons. The molecule has 0 fully saturated rings. The van der Waals surface area contributed by atoms with Crippen molar-refractivity contribution in [1.29, 1.82) is 0 Å². The van der Waals surface area contributed by atoms with Gasteiger partial charge >= 0.3 is 0 Å². The number of thiazole rings is 1. The third-order valence-corrected chi connectivity index (χ3v) is 3.25. The van der Waals surface area contributed by atoms with Crippen LogP contribution in [-0.4, -0.2) is 35.2 Å². The Bertz CT molecular complexity index is 379. The van der Waals surface area contributed by atoms with Gasteiger partial charge in [-0.25, -0.2) is 4.98 Å². The highest BCUT2D eigenvalue weighted by atomic mass is 32.1. The van der Waals surface area contributed by atoms with Gasteiger partial charge in [0, 0.05) is 13.1 Å². The molecule has 3 N–H and O–H groups in total. The maximum absolute atomic E-state index is 11.8. The molecular formula is C12H21N3O2S. The minimum absolute atomic E-state index is 0.181. The molecule has 0 aliphatic heterocycles. The van der Waals surface area contributed by atoms with E-state index in [0.29, 0.717) is 17.2 Å². The van der Waals surface area contributed by atoms with Gasteiger partial charge in [0.05, 0.1) is 12.3 Å². The highest BCUT2D eigenvalue weighted by Gasteiger charge is 2.12. The van der Waals surface area contributed by atoms with E-state index in [9.17, 15) is 9.90 Å². The summed E-state index contributed by atoms with van der Waals surface area (Å²) in [5, 5.41) is 16.2. The number of rotatable bonds is 7. The topological polar surface area (TPSA) is 74.2 Å². The Kier molecular flexibility index (Phi) is 6.07. The average Bonchev–Trinajstić information content (AvgIpc) is 2.74. The SMILES string of the molecule is CCNc1ncc(C(=O)NCC(O)CC(C)C)s1. The lowest BCUT2D eigenvalue weighted by Gasteiger charge is -2.13. The molecule has 1 heterocycles. The van der Waals surface area contributed by atoms with Crippen molar-refractivity contribution in [3.8, 4) is 0 Å². The molecule has 0 spiro atoms. The maximum atomic E-state index is 11.8.